The molecule has 11 aromatic rings. The summed E-state index contributed by atoms with van der Waals surface area (Å²) in [5, 5.41) is 32.0. The third-order valence-corrected chi connectivity index (χ3v) is 17.8. The molecule has 19 heteroatoms. The molecule has 0 fully saturated rings. The van der Waals surface area contributed by atoms with Crippen LogP contribution in [-0.2, 0) is 32.6 Å². The van der Waals surface area contributed by atoms with Gasteiger partial charge in [0.05, 0.1) is 53.1 Å². The van der Waals surface area contributed by atoms with Crippen molar-refractivity contribution in [2.24, 2.45) is 5.92 Å². The number of nitrogens with one attached hydrogen (secondary N) is 5. The fourth-order valence-corrected chi connectivity index (χ4v) is 12.0. The Hall–Kier alpha value is -10.1. The van der Waals surface area contributed by atoms with E-state index in [1.807, 2.05) is 122 Å². The number of hydrogen-bond acceptors (Lipinski definition) is 12. The number of amides is 1. The fourth-order valence-electron chi connectivity index (χ4n) is 12.0. The number of carbonyl (C=O) groups is 1. The van der Waals surface area contributed by atoms with Gasteiger partial charge in [0.25, 0.3) is 5.91 Å². The number of H-pyrrole nitrogens is 4. The molecule has 0 spiro atoms. The van der Waals surface area contributed by atoms with Gasteiger partial charge in [-0.25, -0.2) is 8.78 Å². The highest BCUT2D eigenvalue weighted by molar-refractivity contribution is 5.96. The number of carbonyl (C=O) groups excluding carboxylic acids is 1. The standard InChI is InChI=1S/C24H31N3O.C23H28N4O2.C21H24FN3O.C18H26FN3/c1-5-6-14-27(4)17-24-23(16-25-26-24)19-10-12-21(13-11-19)28-22-9-7-8-20(15-22)18(2)3;1-4-5-14-27(3)16-21-20(15-25-26-21)17-10-12-18(13-11-17)29-22-9-7-6-8-19(22)23(28)24-2;1-3-4-13-25(2)15-20-18(14-23-24-20)16-9-11-17(12-10-16)26-21-8-6-5-7-19(21)22;1-5-8-22(4)12-16-11-20-21-18(16)14-6-7-17(19)15(10-14)9-13(2)3/h7-13,15-16,18H,5-6,14,17H2,1-4H3,(H,25,26);6-13,15H,4-5,14,16H2,1-3H3,(H,24,28)(H,25,26);5-12,14H,3-4,13,15H2,1-2H3,(H,23,24);6-7,10-11,13H,5,8-9,12H2,1-4H3,(H,20,21). The van der Waals surface area contributed by atoms with Crippen LogP contribution in [0.25, 0.3) is 44.6 Å². The SMILES string of the molecule is CCCCN(C)Cc1[nH]ncc1-c1ccc(Oc2cccc(C(C)C)c2)cc1.CCCCN(C)Cc1[nH]ncc1-c1ccc(Oc2ccccc2C(=O)NC)cc1.CCCCN(C)Cc1[nH]ncc1-c1ccc(Oc2ccccc2F)cc1.CCCN(C)Cc1cn[nH]c1-c1ccc(F)c(CC(C)C)c1. The van der Waals surface area contributed by atoms with Crippen LogP contribution < -0.4 is 19.5 Å². The van der Waals surface area contributed by atoms with Crippen molar-refractivity contribution >= 4 is 5.91 Å². The molecule has 0 saturated heterocycles. The van der Waals surface area contributed by atoms with Gasteiger partial charge < -0.3 is 39.1 Å². The first kappa shape index (κ1) is 80.6. The Morgan fingerprint density at radius 3 is 1.35 bits per heavy atom. The van der Waals surface area contributed by atoms with Gasteiger partial charge in [-0.15, -0.1) is 0 Å². The molecule has 0 aliphatic rings. The molecule has 0 aliphatic carbocycles. The number of nitrogens with zero attached hydrogens (tertiary/aromatic N) is 8. The van der Waals surface area contributed by atoms with Gasteiger partial charge in [0.15, 0.2) is 11.6 Å². The smallest absolute Gasteiger partial charge is 0.254 e. The predicted molar refractivity (Wildman–Crippen MR) is 422 cm³/mol. The van der Waals surface area contributed by atoms with E-state index in [4.69, 9.17) is 14.2 Å². The Bertz CT molecular complexity index is 4330. The van der Waals surface area contributed by atoms with Gasteiger partial charge in [0.1, 0.15) is 34.6 Å². The van der Waals surface area contributed by atoms with Gasteiger partial charge in [-0.05, 0) is 217 Å². The molecule has 0 unspecified atom stereocenters. The van der Waals surface area contributed by atoms with Crippen molar-refractivity contribution in [2.45, 2.75) is 139 Å². The predicted octanol–water partition coefficient (Wildman–Crippen LogP) is 20.2. The second kappa shape index (κ2) is 42.0. The second-order valence-corrected chi connectivity index (χ2v) is 27.6. The monoisotopic (exact) mass is 1430 g/mol. The van der Waals surface area contributed by atoms with E-state index in [-0.39, 0.29) is 23.3 Å². The van der Waals surface area contributed by atoms with E-state index >= 15 is 0 Å². The third kappa shape index (κ3) is 25.1. The molecule has 11 rings (SSSR count). The summed E-state index contributed by atoms with van der Waals surface area (Å²) < 4.78 is 45.3. The van der Waals surface area contributed by atoms with Crippen molar-refractivity contribution in [1.82, 2.24) is 65.7 Å². The maximum atomic E-state index is 13.9. The average molecular weight is 1430 g/mol. The van der Waals surface area contributed by atoms with E-state index in [0.717, 1.165) is 150 Å². The molecular formula is C86H109F2N13O4. The minimum Gasteiger partial charge on any atom is -0.457 e. The first-order chi connectivity index (χ1) is 50.9. The van der Waals surface area contributed by atoms with Crippen LogP contribution in [0.15, 0.2) is 189 Å². The van der Waals surface area contributed by atoms with Crippen LogP contribution >= 0.6 is 0 Å². The zero-order chi connectivity index (χ0) is 75.0. The first-order valence-electron chi connectivity index (χ1n) is 37.0. The Labute approximate surface area is 621 Å². The van der Waals surface area contributed by atoms with Crippen LogP contribution in [0.3, 0.4) is 0 Å². The van der Waals surface area contributed by atoms with Gasteiger partial charge in [-0.1, -0.05) is 147 Å². The van der Waals surface area contributed by atoms with Crippen LogP contribution in [0.4, 0.5) is 8.78 Å². The highest BCUT2D eigenvalue weighted by Crippen LogP contribution is 2.34. The quantitative estimate of drug-likeness (QED) is 0.0263. The van der Waals surface area contributed by atoms with Crippen LogP contribution in [0.1, 0.15) is 150 Å². The molecule has 0 aliphatic heterocycles. The molecule has 7 aromatic carbocycles. The average Bonchev–Trinajstić information content (AvgIpc) is 1.78. The number of hydrogen-bond donors (Lipinski definition) is 5. The Balaban J connectivity index is 0.000000178. The second-order valence-electron chi connectivity index (χ2n) is 27.6. The molecule has 556 valence electrons. The normalized spacial score (nSPS) is 11.2. The van der Waals surface area contributed by atoms with Crippen LogP contribution in [-0.4, -0.2) is 128 Å². The van der Waals surface area contributed by atoms with E-state index in [0.29, 0.717) is 34.6 Å². The van der Waals surface area contributed by atoms with E-state index in [1.54, 1.807) is 43.4 Å². The first-order valence-corrected chi connectivity index (χ1v) is 37.0. The number of aromatic amines is 4. The molecule has 105 heavy (non-hydrogen) atoms. The minimum absolute atomic E-state index is 0.124. The Morgan fingerprint density at radius 1 is 0.438 bits per heavy atom. The number of aromatic nitrogens is 8. The van der Waals surface area contributed by atoms with Gasteiger partial charge in [0, 0.05) is 61.0 Å². The van der Waals surface area contributed by atoms with Crippen molar-refractivity contribution in [3.63, 3.8) is 0 Å². The maximum absolute atomic E-state index is 13.9. The summed E-state index contributed by atoms with van der Waals surface area (Å²) in [7, 11) is 10.1. The summed E-state index contributed by atoms with van der Waals surface area (Å²) in [4.78, 5) is 21.2. The minimum atomic E-state index is -0.371. The lowest BCUT2D eigenvalue weighted by Gasteiger charge is -2.16. The summed E-state index contributed by atoms with van der Waals surface area (Å²) >= 11 is 0. The molecule has 17 nitrogen and oxygen atoms in total. The molecule has 5 N–H and O–H groups in total. The van der Waals surface area contributed by atoms with Gasteiger partial charge in [0.2, 0.25) is 0 Å². The highest BCUT2D eigenvalue weighted by Gasteiger charge is 2.18. The largest absolute Gasteiger partial charge is 0.457 e. The zero-order valence-electron chi connectivity index (χ0n) is 63.8. The van der Waals surface area contributed by atoms with Gasteiger partial charge >= 0.3 is 0 Å². The summed E-state index contributed by atoms with van der Waals surface area (Å²) in [5.41, 5.74) is 15.6. The number of ether oxygens (including phenoxy) is 3. The molecule has 4 aromatic heterocycles. The Kier molecular flexibility index (Phi) is 32.3. The third-order valence-electron chi connectivity index (χ3n) is 17.8. The lowest BCUT2D eigenvalue weighted by molar-refractivity contribution is 0.0960. The summed E-state index contributed by atoms with van der Waals surface area (Å²) in [6.45, 7) is 25.0. The molecule has 0 saturated carbocycles. The number of unbranched alkanes of at least 4 members (excludes halogenated alkanes) is 3. The molecule has 1 amide bonds. The highest BCUT2D eigenvalue weighted by atomic mass is 19.1. The molecular weight excluding hydrogens is 1320 g/mol. The van der Waals surface area contributed by atoms with Crippen molar-refractivity contribution < 1.29 is 27.8 Å². The van der Waals surface area contributed by atoms with E-state index in [2.05, 4.69) is 174 Å². The molecule has 4 heterocycles. The number of rotatable bonds is 33. The summed E-state index contributed by atoms with van der Waals surface area (Å²) in [5.74, 6) is 4.00. The number of para-hydroxylation sites is 2. The van der Waals surface area contributed by atoms with Crippen molar-refractivity contribution in [3.05, 3.63) is 240 Å². The van der Waals surface area contributed by atoms with Crippen LogP contribution in [0.5, 0.6) is 34.5 Å². The van der Waals surface area contributed by atoms with Crippen LogP contribution in [0, 0.1) is 17.6 Å². The van der Waals surface area contributed by atoms with Crippen molar-refractivity contribution in [2.75, 3.05) is 61.4 Å². The van der Waals surface area contributed by atoms with Gasteiger partial charge in [-0.3, -0.25) is 25.2 Å². The Morgan fingerprint density at radius 2 is 0.886 bits per heavy atom. The van der Waals surface area contributed by atoms with E-state index < -0.39 is 0 Å². The fraction of sp³-hybridized carbons (Fsp3) is 0.360. The lowest BCUT2D eigenvalue weighted by atomic mass is 9.98. The van der Waals surface area contributed by atoms with Crippen LogP contribution in [0.2, 0.25) is 0 Å². The molecule has 0 radical (unpaired) electrons. The summed E-state index contributed by atoms with van der Waals surface area (Å²) in [6.07, 6.45) is 16.5. The van der Waals surface area contributed by atoms with E-state index in [1.165, 1.54) is 50.2 Å². The van der Waals surface area contributed by atoms with E-state index in [9.17, 15) is 13.6 Å². The molecule has 0 bridgehead atoms. The topological polar surface area (TPSA) is 184 Å². The molecule has 0 atom stereocenters. The number of benzene rings is 7. The summed E-state index contributed by atoms with van der Waals surface area (Å²) in [6, 6.07) is 51.0. The number of halogens is 2. The van der Waals surface area contributed by atoms with Crippen molar-refractivity contribution in [3.8, 4) is 79.1 Å². The zero-order valence-corrected chi connectivity index (χ0v) is 63.8. The van der Waals surface area contributed by atoms with Gasteiger partial charge in [-0.2, -0.15) is 20.4 Å². The van der Waals surface area contributed by atoms with Crippen molar-refractivity contribution in [1.29, 1.82) is 0 Å². The lowest BCUT2D eigenvalue weighted by Crippen LogP contribution is -2.19. The maximum Gasteiger partial charge on any atom is 0.254 e.